The number of nitrogens with one attached hydrogen (secondary N) is 1. The standard InChI is InChI=1S/C12H15FN2O4S/c13-9-5-8(6-11(7-9)20(14,17)18)12(16)15-10-1-3-19-4-2-10/h5-7,10H,1-4H2,(H,15,16)(H2,14,17,18). The van der Waals surface area contributed by atoms with Crippen LogP contribution in [0.3, 0.4) is 0 Å². The Kier molecular flexibility index (Phi) is 4.36. The van der Waals surface area contributed by atoms with Crippen molar-refractivity contribution in [2.24, 2.45) is 5.14 Å². The maximum Gasteiger partial charge on any atom is 0.251 e. The number of rotatable bonds is 3. The molecule has 1 aromatic rings. The number of benzene rings is 1. The molecule has 1 saturated heterocycles. The van der Waals surface area contributed by atoms with Gasteiger partial charge in [-0.05, 0) is 31.0 Å². The molecule has 1 aliphatic rings. The number of hydrogen-bond acceptors (Lipinski definition) is 4. The van der Waals surface area contributed by atoms with Gasteiger partial charge in [0, 0.05) is 24.8 Å². The molecule has 1 aliphatic heterocycles. The van der Waals surface area contributed by atoms with E-state index in [-0.39, 0.29) is 11.6 Å². The number of sulfonamides is 1. The molecule has 0 atom stereocenters. The van der Waals surface area contributed by atoms with Crippen molar-refractivity contribution in [1.29, 1.82) is 0 Å². The SMILES string of the molecule is NS(=O)(=O)c1cc(F)cc(C(=O)NC2CCOCC2)c1. The Morgan fingerprint density at radius 1 is 1.30 bits per heavy atom. The average molecular weight is 302 g/mol. The summed E-state index contributed by atoms with van der Waals surface area (Å²) < 4.78 is 41.0. The number of ether oxygens (including phenoxy) is 1. The van der Waals surface area contributed by atoms with E-state index in [9.17, 15) is 17.6 Å². The number of hydrogen-bond donors (Lipinski definition) is 2. The van der Waals surface area contributed by atoms with E-state index in [1.165, 1.54) is 0 Å². The number of primary sulfonamides is 1. The minimum Gasteiger partial charge on any atom is -0.381 e. The topological polar surface area (TPSA) is 98.5 Å². The molecule has 0 saturated carbocycles. The van der Waals surface area contributed by atoms with E-state index in [1.54, 1.807) is 0 Å². The zero-order chi connectivity index (χ0) is 14.8. The Bertz CT molecular complexity index is 612. The smallest absolute Gasteiger partial charge is 0.251 e. The molecule has 1 fully saturated rings. The van der Waals surface area contributed by atoms with Gasteiger partial charge in [0.25, 0.3) is 5.91 Å². The second-order valence-corrected chi connectivity index (χ2v) is 6.14. The fourth-order valence-corrected chi connectivity index (χ4v) is 2.54. The molecule has 1 aromatic carbocycles. The van der Waals surface area contributed by atoms with Crippen molar-refractivity contribution in [3.05, 3.63) is 29.6 Å². The fraction of sp³-hybridized carbons (Fsp3) is 0.417. The number of carbonyl (C=O) groups is 1. The Morgan fingerprint density at radius 2 is 1.95 bits per heavy atom. The summed E-state index contributed by atoms with van der Waals surface area (Å²) in [5.74, 6) is -1.35. The Labute approximate surface area is 116 Å². The molecule has 6 nitrogen and oxygen atoms in total. The monoisotopic (exact) mass is 302 g/mol. The van der Waals surface area contributed by atoms with Gasteiger partial charge in [0.15, 0.2) is 0 Å². The summed E-state index contributed by atoms with van der Waals surface area (Å²) in [5, 5.41) is 7.66. The van der Waals surface area contributed by atoms with Gasteiger partial charge in [0.05, 0.1) is 4.90 Å². The van der Waals surface area contributed by atoms with Crippen molar-refractivity contribution in [1.82, 2.24) is 5.32 Å². The van der Waals surface area contributed by atoms with Gasteiger partial charge >= 0.3 is 0 Å². The zero-order valence-electron chi connectivity index (χ0n) is 10.6. The van der Waals surface area contributed by atoms with Crippen LogP contribution in [0.1, 0.15) is 23.2 Å². The summed E-state index contributed by atoms with van der Waals surface area (Å²) in [7, 11) is -4.05. The first-order chi connectivity index (χ1) is 9.36. The van der Waals surface area contributed by atoms with Crippen molar-refractivity contribution < 1.29 is 22.3 Å². The van der Waals surface area contributed by atoms with Crippen LogP contribution in [0.25, 0.3) is 0 Å². The molecule has 0 aliphatic carbocycles. The summed E-state index contributed by atoms with van der Waals surface area (Å²) >= 11 is 0. The lowest BCUT2D eigenvalue weighted by molar-refractivity contribution is 0.0696. The van der Waals surface area contributed by atoms with Gasteiger partial charge in [0.2, 0.25) is 10.0 Å². The molecule has 8 heteroatoms. The van der Waals surface area contributed by atoms with Gasteiger partial charge in [-0.15, -0.1) is 0 Å². The van der Waals surface area contributed by atoms with Crippen LogP contribution in [0.5, 0.6) is 0 Å². The summed E-state index contributed by atoms with van der Waals surface area (Å²) in [6.07, 6.45) is 1.34. The Morgan fingerprint density at radius 3 is 2.55 bits per heavy atom. The summed E-state index contributed by atoms with van der Waals surface area (Å²) in [5.41, 5.74) is -0.0690. The molecule has 0 spiro atoms. The van der Waals surface area contributed by atoms with Gasteiger partial charge in [-0.1, -0.05) is 0 Å². The second-order valence-electron chi connectivity index (χ2n) is 4.58. The highest BCUT2D eigenvalue weighted by Gasteiger charge is 2.19. The molecule has 1 heterocycles. The predicted molar refractivity (Wildman–Crippen MR) is 69.1 cm³/mol. The van der Waals surface area contributed by atoms with E-state index in [1.807, 2.05) is 0 Å². The number of halogens is 1. The third kappa shape index (κ3) is 3.75. The van der Waals surface area contributed by atoms with E-state index in [0.29, 0.717) is 26.1 Å². The van der Waals surface area contributed by atoms with Gasteiger partial charge < -0.3 is 10.1 Å². The van der Waals surface area contributed by atoms with Crippen LogP contribution in [0.4, 0.5) is 4.39 Å². The van der Waals surface area contributed by atoms with Crippen LogP contribution in [0, 0.1) is 5.82 Å². The van der Waals surface area contributed by atoms with E-state index in [2.05, 4.69) is 5.32 Å². The maximum atomic E-state index is 13.4. The molecule has 1 amide bonds. The largest absolute Gasteiger partial charge is 0.381 e. The lowest BCUT2D eigenvalue weighted by Gasteiger charge is -2.23. The first kappa shape index (κ1) is 14.9. The third-order valence-electron chi connectivity index (χ3n) is 3.02. The van der Waals surface area contributed by atoms with E-state index in [4.69, 9.17) is 9.88 Å². The highest BCUT2D eigenvalue weighted by atomic mass is 32.2. The molecule has 0 unspecified atom stereocenters. The van der Waals surface area contributed by atoms with E-state index >= 15 is 0 Å². The lowest BCUT2D eigenvalue weighted by atomic mass is 10.1. The van der Waals surface area contributed by atoms with Crippen LogP contribution in [-0.4, -0.2) is 33.6 Å². The van der Waals surface area contributed by atoms with Gasteiger partial charge in [0.1, 0.15) is 5.82 Å². The average Bonchev–Trinajstić information content (AvgIpc) is 2.38. The van der Waals surface area contributed by atoms with Crippen molar-refractivity contribution in [3.63, 3.8) is 0 Å². The minimum atomic E-state index is -4.05. The molecule has 0 bridgehead atoms. The first-order valence-corrected chi connectivity index (χ1v) is 7.63. The number of amides is 1. The highest BCUT2D eigenvalue weighted by Crippen LogP contribution is 2.14. The minimum absolute atomic E-state index is 0.0579. The van der Waals surface area contributed by atoms with Crippen LogP contribution in [-0.2, 0) is 14.8 Å². The van der Waals surface area contributed by atoms with Crippen LogP contribution < -0.4 is 10.5 Å². The maximum absolute atomic E-state index is 13.4. The van der Waals surface area contributed by atoms with E-state index in [0.717, 1.165) is 18.2 Å². The molecule has 0 radical (unpaired) electrons. The molecule has 0 aromatic heterocycles. The van der Waals surface area contributed by atoms with Gasteiger partial charge in [-0.25, -0.2) is 17.9 Å². The summed E-state index contributed by atoms with van der Waals surface area (Å²) in [6, 6.07) is 2.76. The highest BCUT2D eigenvalue weighted by molar-refractivity contribution is 7.89. The molecule has 2 rings (SSSR count). The van der Waals surface area contributed by atoms with Crippen LogP contribution in [0.2, 0.25) is 0 Å². The quantitative estimate of drug-likeness (QED) is 0.843. The van der Waals surface area contributed by atoms with Crippen molar-refractivity contribution >= 4 is 15.9 Å². The number of nitrogens with two attached hydrogens (primary N) is 1. The predicted octanol–water partition coefficient (Wildman–Crippen LogP) is 0.382. The molecule has 110 valence electrons. The van der Waals surface area contributed by atoms with Crippen molar-refractivity contribution in [2.75, 3.05) is 13.2 Å². The third-order valence-corrected chi connectivity index (χ3v) is 3.91. The Balaban J connectivity index is 2.19. The summed E-state index contributed by atoms with van der Waals surface area (Å²) in [6.45, 7) is 1.10. The van der Waals surface area contributed by atoms with Gasteiger partial charge in [-0.2, -0.15) is 0 Å². The zero-order valence-corrected chi connectivity index (χ0v) is 11.5. The first-order valence-electron chi connectivity index (χ1n) is 6.08. The molecular weight excluding hydrogens is 287 g/mol. The molecule has 3 N–H and O–H groups in total. The molecule has 20 heavy (non-hydrogen) atoms. The second kappa shape index (κ2) is 5.86. The normalized spacial score (nSPS) is 16.9. The summed E-state index contributed by atoms with van der Waals surface area (Å²) in [4.78, 5) is 11.6. The van der Waals surface area contributed by atoms with Crippen molar-refractivity contribution in [3.8, 4) is 0 Å². The van der Waals surface area contributed by atoms with Crippen LogP contribution >= 0.6 is 0 Å². The number of carbonyl (C=O) groups excluding carboxylic acids is 1. The Hall–Kier alpha value is -1.51. The fourth-order valence-electron chi connectivity index (χ4n) is 1.97. The molecular formula is C12H15FN2O4S. The van der Waals surface area contributed by atoms with Gasteiger partial charge in [-0.3, -0.25) is 4.79 Å². The lowest BCUT2D eigenvalue weighted by Crippen LogP contribution is -2.39. The van der Waals surface area contributed by atoms with Crippen LogP contribution in [0.15, 0.2) is 23.1 Å². The van der Waals surface area contributed by atoms with Crippen molar-refractivity contribution in [2.45, 2.75) is 23.8 Å². The van der Waals surface area contributed by atoms with E-state index < -0.39 is 26.6 Å².